The van der Waals surface area contributed by atoms with E-state index in [1.54, 1.807) is 12.3 Å². The number of anilines is 1. The first-order valence-electron chi connectivity index (χ1n) is 11.2. The van der Waals surface area contributed by atoms with Gasteiger partial charge in [0.1, 0.15) is 11.4 Å². The number of carbonyl (C=O) groups is 1. The van der Waals surface area contributed by atoms with Crippen LogP contribution in [0.15, 0.2) is 35.4 Å². The van der Waals surface area contributed by atoms with Crippen LogP contribution in [0.3, 0.4) is 0 Å². The van der Waals surface area contributed by atoms with Crippen LogP contribution < -0.4 is 15.8 Å². The molecule has 0 atom stereocenters. The first-order chi connectivity index (χ1) is 15.6. The molecule has 1 saturated carbocycles. The predicted octanol–water partition coefficient (Wildman–Crippen LogP) is 1.49. The molecule has 0 radical (unpaired) electrons. The third-order valence-electron chi connectivity index (χ3n) is 6.05. The van der Waals surface area contributed by atoms with Gasteiger partial charge in [-0.3, -0.25) is 14.5 Å². The highest BCUT2D eigenvalue weighted by Gasteiger charge is 2.24. The van der Waals surface area contributed by atoms with Crippen molar-refractivity contribution < 1.29 is 4.79 Å². The highest BCUT2D eigenvalue weighted by atomic mass is 16.2. The molecule has 1 amide bonds. The van der Waals surface area contributed by atoms with Crippen LogP contribution in [-0.4, -0.2) is 63.0 Å². The van der Waals surface area contributed by atoms with E-state index < -0.39 is 0 Å². The van der Waals surface area contributed by atoms with Crippen LogP contribution in [0.5, 0.6) is 0 Å². The fourth-order valence-corrected chi connectivity index (χ4v) is 4.00. The zero-order chi connectivity index (χ0) is 22.1. The van der Waals surface area contributed by atoms with Crippen LogP contribution in [0.25, 0.3) is 11.2 Å². The number of aromatic nitrogens is 4. The summed E-state index contributed by atoms with van der Waals surface area (Å²) < 4.78 is 0. The van der Waals surface area contributed by atoms with Gasteiger partial charge in [0, 0.05) is 45.0 Å². The van der Waals surface area contributed by atoms with Gasteiger partial charge in [0.25, 0.3) is 11.5 Å². The second-order valence-corrected chi connectivity index (χ2v) is 8.49. The maximum absolute atomic E-state index is 12.1. The van der Waals surface area contributed by atoms with E-state index >= 15 is 0 Å². The summed E-state index contributed by atoms with van der Waals surface area (Å²) in [5.41, 5.74) is 4.20. The molecule has 1 saturated heterocycles. The van der Waals surface area contributed by atoms with Gasteiger partial charge < -0.3 is 15.2 Å². The molecule has 2 fully saturated rings. The highest BCUT2D eigenvalue weighted by molar-refractivity contribution is 5.92. The normalized spacial score (nSPS) is 17.0. The number of aromatic amines is 1. The van der Waals surface area contributed by atoms with E-state index in [1.165, 1.54) is 0 Å². The number of H-pyrrole nitrogens is 1. The Kier molecular flexibility index (Phi) is 5.57. The maximum atomic E-state index is 12.1. The van der Waals surface area contributed by atoms with Crippen molar-refractivity contribution in [3.05, 3.63) is 57.9 Å². The van der Waals surface area contributed by atoms with Crippen molar-refractivity contribution in [3.8, 4) is 0 Å². The smallest absolute Gasteiger partial charge is 0.270 e. The van der Waals surface area contributed by atoms with Crippen molar-refractivity contribution in [3.63, 3.8) is 0 Å². The summed E-state index contributed by atoms with van der Waals surface area (Å²) in [4.78, 5) is 44.9. The molecule has 0 spiro atoms. The van der Waals surface area contributed by atoms with E-state index in [2.05, 4.69) is 35.1 Å². The van der Waals surface area contributed by atoms with Gasteiger partial charge in [-0.1, -0.05) is 6.92 Å². The van der Waals surface area contributed by atoms with Crippen LogP contribution in [0.4, 0.5) is 5.69 Å². The molecule has 5 rings (SSSR count). The molecule has 9 nitrogen and oxygen atoms in total. The minimum absolute atomic E-state index is 0.0877. The number of pyridine rings is 2. The summed E-state index contributed by atoms with van der Waals surface area (Å²) in [5, 5.41) is 2.97. The van der Waals surface area contributed by atoms with E-state index in [0.29, 0.717) is 35.0 Å². The third kappa shape index (κ3) is 4.47. The SMILES string of the molecule is CCc1nc2ncc(CN3CCN(c4ccc(C(=O)NC5CC5)nc4)CC3)cc2[nH]c1=O. The van der Waals surface area contributed by atoms with E-state index in [1.807, 2.05) is 25.3 Å². The Hall–Kier alpha value is -3.33. The Labute approximate surface area is 185 Å². The number of hydrogen-bond acceptors (Lipinski definition) is 7. The third-order valence-corrected chi connectivity index (χ3v) is 6.05. The van der Waals surface area contributed by atoms with Crippen LogP contribution >= 0.6 is 0 Å². The fraction of sp³-hybridized carbons (Fsp3) is 0.435. The molecule has 0 bridgehead atoms. The largest absolute Gasteiger partial charge is 0.368 e. The van der Waals surface area contributed by atoms with Crippen LogP contribution in [0.1, 0.15) is 41.5 Å². The van der Waals surface area contributed by atoms with Crippen molar-refractivity contribution in [1.82, 2.24) is 30.2 Å². The van der Waals surface area contributed by atoms with Crippen LogP contribution in [-0.2, 0) is 13.0 Å². The lowest BCUT2D eigenvalue weighted by molar-refractivity contribution is 0.0946. The maximum Gasteiger partial charge on any atom is 0.270 e. The first kappa shape index (κ1) is 20.6. The molecule has 2 aliphatic rings. The number of nitrogens with one attached hydrogen (secondary N) is 2. The van der Waals surface area contributed by atoms with E-state index in [0.717, 1.165) is 56.8 Å². The van der Waals surface area contributed by atoms with E-state index in [-0.39, 0.29) is 11.5 Å². The number of aryl methyl sites for hydroxylation is 1. The number of fused-ring (bicyclic) bond motifs is 1. The van der Waals surface area contributed by atoms with Gasteiger partial charge in [-0.2, -0.15) is 0 Å². The number of carbonyl (C=O) groups excluding carboxylic acids is 1. The van der Waals surface area contributed by atoms with Gasteiger partial charge in [-0.15, -0.1) is 0 Å². The second-order valence-electron chi connectivity index (χ2n) is 8.49. The van der Waals surface area contributed by atoms with Crippen LogP contribution in [0, 0.1) is 0 Å². The first-order valence-corrected chi connectivity index (χ1v) is 11.2. The van der Waals surface area contributed by atoms with Crippen molar-refractivity contribution in [2.75, 3.05) is 31.1 Å². The van der Waals surface area contributed by atoms with E-state index in [4.69, 9.17) is 0 Å². The predicted molar refractivity (Wildman–Crippen MR) is 122 cm³/mol. The van der Waals surface area contributed by atoms with E-state index in [9.17, 15) is 9.59 Å². The molecule has 2 N–H and O–H groups in total. The summed E-state index contributed by atoms with van der Waals surface area (Å²) in [5.74, 6) is -0.0877. The van der Waals surface area contributed by atoms with Gasteiger partial charge in [0.2, 0.25) is 0 Å². The number of nitrogens with zero attached hydrogens (tertiary/aromatic N) is 5. The summed E-state index contributed by atoms with van der Waals surface area (Å²) in [6, 6.07) is 6.09. The molecule has 3 aromatic rings. The monoisotopic (exact) mass is 433 g/mol. The second kappa shape index (κ2) is 8.66. The van der Waals surface area contributed by atoms with Gasteiger partial charge in [-0.25, -0.2) is 15.0 Å². The summed E-state index contributed by atoms with van der Waals surface area (Å²) in [6.45, 7) is 6.26. The number of piperazine rings is 1. The molecular formula is C23H27N7O2. The molecule has 3 aromatic heterocycles. The van der Waals surface area contributed by atoms with Gasteiger partial charge in [0.15, 0.2) is 5.65 Å². The lowest BCUT2D eigenvalue weighted by atomic mass is 10.2. The number of hydrogen-bond donors (Lipinski definition) is 2. The zero-order valence-corrected chi connectivity index (χ0v) is 18.2. The molecule has 166 valence electrons. The van der Waals surface area contributed by atoms with Gasteiger partial charge >= 0.3 is 0 Å². The highest BCUT2D eigenvalue weighted by Crippen LogP contribution is 2.20. The molecule has 0 unspecified atom stereocenters. The molecule has 32 heavy (non-hydrogen) atoms. The topological polar surface area (TPSA) is 107 Å². The Morgan fingerprint density at radius 3 is 2.66 bits per heavy atom. The average Bonchev–Trinajstić information content (AvgIpc) is 3.63. The molecule has 4 heterocycles. The number of rotatable bonds is 6. The quantitative estimate of drug-likeness (QED) is 0.606. The lowest BCUT2D eigenvalue weighted by Gasteiger charge is -2.36. The van der Waals surface area contributed by atoms with Gasteiger partial charge in [-0.05, 0) is 43.0 Å². The Morgan fingerprint density at radius 1 is 1.16 bits per heavy atom. The van der Waals surface area contributed by atoms with Crippen molar-refractivity contribution in [1.29, 1.82) is 0 Å². The fourth-order valence-electron chi connectivity index (χ4n) is 4.00. The Balaban J connectivity index is 1.18. The van der Waals surface area contributed by atoms with Crippen molar-refractivity contribution >= 4 is 22.8 Å². The summed E-state index contributed by atoms with van der Waals surface area (Å²) in [6.07, 6.45) is 6.36. The number of amides is 1. The van der Waals surface area contributed by atoms with Crippen molar-refractivity contribution in [2.45, 2.75) is 38.8 Å². The summed E-state index contributed by atoms with van der Waals surface area (Å²) >= 11 is 0. The molecule has 1 aliphatic carbocycles. The minimum Gasteiger partial charge on any atom is -0.368 e. The summed E-state index contributed by atoms with van der Waals surface area (Å²) in [7, 11) is 0. The Morgan fingerprint density at radius 2 is 1.97 bits per heavy atom. The van der Waals surface area contributed by atoms with Crippen molar-refractivity contribution in [2.24, 2.45) is 0 Å². The minimum atomic E-state index is -0.141. The Bertz CT molecular complexity index is 1180. The molecule has 0 aromatic carbocycles. The van der Waals surface area contributed by atoms with Crippen LogP contribution in [0.2, 0.25) is 0 Å². The lowest BCUT2D eigenvalue weighted by Crippen LogP contribution is -2.46. The van der Waals surface area contributed by atoms with Gasteiger partial charge in [0.05, 0.1) is 17.4 Å². The molecular weight excluding hydrogens is 406 g/mol. The molecule has 9 heteroatoms. The average molecular weight is 434 g/mol. The standard InChI is InChI=1S/C23H27N7O2/c1-2-18-22(31)28-20-11-15(12-25-21(20)27-18)14-29-7-9-30(10-8-29)17-5-6-19(24-13-17)23(32)26-16-3-4-16/h5-6,11-13,16H,2-4,7-10,14H2,1H3,(H,26,32)(H,28,31). The molecule has 1 aliphatic heterocycles. The zero-order valence-electron chi connectivity index (χ0n) is 18.2.